The van der Waals surface area contributed by atoms with Gasteiger partial charge in [-0.3, -0.25) is 10.1 Å². The first-order valence-electron chi connectivity index (χ1n) is 3.65. The Labute approximate surface area is 71.7 Å². The second-order valence-electron chi connectivity index (χ2n) is 3.52. The lowest BCUT2D eigenvalue weighted by Crippen LogP contribution is -2.46. The summed E-state index contributed by atoms with van der Waals surface area (Å²) in [5, 5.41) is 4.86. The summed E-state index contributed by atoms with van der Waals surface area (Å²) in [5.41, 5.74) is 4.59. The molecule has 0 aromatic rings. The van der Waals surface area contributed by atoms with E-state index in [1.807, 2.05) is 26.1 Å². The van der Waals surface area contributed by atoms with Crippen molar-refractivity contribution in [3.63, 3.8) is 0 Å². The summed E-state index contributed by atoms with van der Waals surface area (Å²) in [5.74, 6) is -0.419. The zero-order valence-electron chi connectivity index (χ0n) is 7.60. The molecule has 0 aliphatic rings. The van der Waals surface area contributed by atoms with Gasteiger partial charge < -0.3 is 11.1 Å². The predicted octanol–water partition coefficient (Wildman–Crippen LogP) is -0.431. The summed E-state index contributed by atoms with van der Waals surface area (Å²) in [7, 11) is 0. The van der Waals surface area contributed by atoms with E-state index >= 15 is 0 Å². The molecule has 0 aliphatic heterocycles. The van der Waals surface area contributed by atoms with Gasteiger partial charge in [0.2, 0.25) is 5.91 Å². The SMILES string of the molecule is CC(C)(C)NCC(=O)NC(N)=O. The first-order chi connectivity index (χ1) is 5.31. The van der Waals surface area contributed by atoms with Crippen molar-refractivity contribution in [2.24, 2.45) is 5.73 Å². The molecular formula is C7H15N3O2. The van der Waals surface area contributed by atoms with Gasteiger partial charge >= 0.3 is 6.03 Å². The van der Waals surface area contributed by atoms with E-state index < -0.39 is 11.9 Å². The van der Waals surface area contributed by atoms with Crippen LogP contribution in [0.2, 0.25) is 0 Å². The molecule has 70 valence electrons. The molecule has 3 amide bonds. The first-order valence-corrected chi connectivity index (χ1v) is 3.65. The van der Waals surface area contributed by atoms with Crippen molar-refractivity contribution in [1.29, 1.82) is 0 Å². The number of hydrogen-bond donors (Lipinski definition) is 3. The largest absolute Gasteiger partial charge is 0.351 e. The Hall–Kier alpha value is -1.10. The van der Waals surface area contributed by atoms with Crippen molar-refractivity contribution in [3.8, 4) is 0 Å². The molecule has 4 N–H and O–H groups in total. The molecule has 12 heavy (non-hydrogen) atoms. The Balaban J connectivity index is 3.65. The quantitative estimate of drug-likeness (QED) is 0.529. The molecule has 5 heteroatoms. The maximum Gasteiger partial charge on any atom is 0.318 e. The van der Waals surface area contributed by atoms with Gasteiger partial charge in [0.15, 0.2) is 0 Å². The Kier molecular flexibility index (Phi) is 3.69. The van der Waals surface area contributed by atoms with Crippen LogP contribution in [0.3, 0.4) is 0 Å². The highest BCUT2D eigenvalue weighted by Crippen LogP contribution is 1.96. The minimum atomic E-state index is -0.823. The zero-order chi connectivity index (χ0) is 9.78. The molecule has 5 nitrogen and oxygen atoms in total. The highest BCUT2D eigenvalue weighted by Gasteiger charge is 2.11. The maximum atomic E-state index is 10.8. The highest BCUT2D eigenvalue weighted by atomic mass is 16.2. The number of carbonyl (C=O) groups excluding carboxylic acids is 2. The lowest BCUT2D eigenvalue weighted by atomic mass is 10.1. The third kappa shape index (κ3) is 7.01. The number of carbonyl (C=O) groups is 2. The lowest BCUT2D eigenvalue weighted by molar-refractivity contribution is -0.119. The number of primary amides is 1. The van der Waals surface area contributed by atoms with Gasteiger partial charge in [0.25, 0.3) is 0 Å². The Bertz CT molecular complexity index is 184. The van der Waals surface area contributed by atoms with Gasteiger partial charge in [-0.15, -0.1) is 0 Å². The number of imide groups is 1. The molecule has 0 radical (unpaired) electrons. The third-order valence-corrected chi connectivity index (χ3v) is 1.04. The molecule has 0 aromatic heterocycles. The first kappa shape index (κ1) is 10.9. The summed E-state index contributed by atoms with van der Waals surface area (Å²) in [4.78, 5) is 21.0. The summed E-state index contributed by atoms with van der Waals surface area (Å²) in [6.45, 7) is 5.85. The second-order valence-corrected chi connectivity index (χ2v) is 3.52. The number of hydrogen-bond acceptors (Lipinski definition) is 3. The minimum Gasteiger partial charge on any atom is -0.351 e. The van der Waals surface area contributed by atoms with Crippen LogP contribution in [0.1, 0.15) is 20.8 Å². The van der Waals surface area contributed by atoms with E-state index in [-0.39, 0.29) is 12.1 Å². The summed E-state index contributed by atoms with van der Waals surface area (Å²) in [6.07, 6.45) is 0. The number of amides is 3. The second kappa shape index (κ2) is 4.06. The fourth-order valence-corrected chi connectivity index (χ4v) is 0.527. The number of nitrogens with two attached hydrogens (primary N) is 1. The van der Waals surface area contributed by atoms with E-state index in [4.69, 9.17) is 5.73 Å². The van der Waals surface area contributed by atoms with Crippen molar-refractivity contribution >= 4 is 11.9 Å². The fraction of sp³-hybridized carbons (Fsp3) is 0.714. The molecular weight excluding hydrogens is 158 g/mol. The van der Waals surface area contributed by atoms with Gasteiger partial charge in [0.05, 0.1) is 6.54 Å². The minimum absolute atomic E-state index is 0.0897. The average molecular weight is 173 g/mol. The monoisotopic (exact) mass is 173 g/mol. The average Bonchev–Trinajstić information content (AvgIpc) is 1.80. The van der Waals surface area contributed by atoms with Crippen LogP contribution in [0.15, 0.2) is 0 Å². The van der Waals surface area contributed by atoms with Crippen LogP contribution in [-0.2, 0) is 4.79 Å². The van der Waals surface area contributed by atoms with E-state index in [2.05, 4.69) is 5.32 Å². The molecule has 0 atom stereocenters. The topological polar surface area (TPSA) is 84.2 Å². The van der Waals surface area contributed by atoms with Crippen LogP contribution >= 0.6 is 0 Å². The number of rotatable bonds is 2. The van der Waals surface area contributed by atoms with E-state index in [1.165, 1.54) is 0 Å². The molecule has 0 bridgehead atoms. The molecule has 0 spiro atoms. The molecule has 0 saturated heterocycles. The predicted molar refractivity (Wildman–Crippen MR) is 45.5 cm³/mol. The third-order valence-electron chi connectivity index (χ3n) is 1.04. The fourth-order valence-electron chi connectivity index (χ4n) is 0.527. The van der Waals surface area contributed by atoms with Gasteiger partial charge in [-0.25, -0.2) is 4.79 Å². The van der Waals surface area contributed by atoms with E-state index in [0.717, 1.165) is 0 Å². The van der Waals surface area contributed by atoms with Gasteiger partial charge in [-0.1, -0.05) is 0 Å². The van der Waals surface area contributed by atoms with Gasteiger partial charge in [0, 0.05) is 5.54 Å². The van der Waals surface area contributed by atoms with Crippen LogP contribution in [0.5, 0.6) is 0 Å². The zero-order valence-corrected chi connectivity index (χ0v) is 7.60. The summed E-state index contributed by atoms with van der Waals surface area (Å²) in [6, 6.07) is -0.823. The van der Waals surface area contributed by atoms with Crippen molar-refractivity contribution in [1.82, 2.24) is 10.6 Å². The smallest absolute Gasteiger partial charge is 0.318 e. The highest BCUT2D eigenvalue weighted by molar-refractivity contribution is 5.94. The van der Waals surface area contributed by atoms with E-state index in [0.29, 0.717) is 0 Å². The van der Waals surface area contributed by atoms with Crippen LogP contribution in [0.25, 0.3) is 0 Å². The summed E-state index contributed by atoms with van der Waals surface area (Å²) < 4.78 is 0. The van der Waals surface area contributed by atoms with E-state index in [9.17, 15) is 9.59 Å². The lowest BCUT2D eigenvalue weighted by Gasteiger charge is -2.19. The van der Waals surface area contributed by atoms with Crippen LogP contribution in [0.4, 0.5) is 4.79 Å². The Morgan fingerprint density at radius 1 is 1.33 bits per heavy atom. The van der Waals surface area contributed by atoms with E-state index in [1.54, 1.807) is 0 Å². The molecule has 0 unspecified atom stereocenters. The van der Waals surface area contributed by atoms with Crippen molar-refractivity contribution < 1.29 is 9.59 Å². The van der Waals surface area contributed by atoms with Gasteiger partial charge in [-0.05, 0) is 20.8 Å². The summed E-state index contributed by atoms with van der Waals surface area (Å²) >= 11 is 0. The number of nitrogens with one attached hydrogen (secondary N) is 2. The Morgan fingerprint density at radius 2 is 1.83 bits per heavy atom. The van der Waals surface area contributed by atoms with Crippen LogP contribution in [0, 0.1) is 0 Å². The van der Waals surface area contributed by atoms with Gasteiger partial charge in [-0.2, -0.15) is 0 Å². The standard InChI is InChI=1S/C7H15N3O2/c1-7(2,3)9-4-5(11)10-6(8)12/h9H,4H2,1-3H3,(H3,8,10,11,12). The normalized spacial score (nSPS) is 10.9. The molecule has 0 heterocycles. The van der Waals surface area contributed by atoms with Crippen LogP contribution < -0.4 is 16.4 Å². The molecule has 0 aliphatic carbocycles. The van der Waals surface area contributed by atoms with Gasteiger partial charge in [0.1, 0.15) is 0 Å². The van der Waals surface area contributed by atoms with Crippen LogP contribution in [-0.4, -0.2) is 24.0 Å². The number of urea groups is 1. The van der Waals surface area contributed by atoms with Crippen molar-refractivity contribution in [2.75, 3.05) is 6.54 Å². The Morgan fingerprint density at radius 3 is 2.17 bits per heavy atom. The maximum absolute atomic E-state index is 10.8. The van der Waals surface area contributed by atoms with Crippen molar-refractivity contribution in [2.45, 2.75) is 26.3 Å². The molecule has 0 saturated carbocycles. The molecule has 0 fully saturated rings. The molecule has 0 aromatic carbocycles. The van der Waals surface area contributed by atoms with Crippen molar-refractivity contribution in [3.05, 3.63) is 0 Å². The molecule has 0 rings (SSSR count).